The highest BCUT2D eigenvalue weighted by Crippen LogP contribution is 2.34. The van der Waals surface area contributed by atoms with Crippen molar-refractivity contribution in [1.82, 2.24) is 4.98 Å². The van der Waals surface area contributed by atoms with Gasteiger partial charge in [-0.05, 0) is 6.07 Å². The Bertz CT molecular complexity index is 380. The molecule has 7 heteroatoms. The van der Waals surface area contributed by atoms with Crippen molar-refractivity contribution in [2.75, 3.05) is 19.0 Å². The number of nitrogens with zero attached hydrogens (tertiary/aromatic N) is 1. The van der Waals surface area contributed by atoms with Crippen LogP contribution in [-0.4, -0.2) is 24.9 Å². The summed E-state index contributed by atoms with van der Waals surface area (Å²) in [7, 11) is 1.29. The molecule has 0 saturated heterocycles. The Kier molecular flexibility index (Phi) is 3.70. The van der Waals surface area contributed by atoms with Crippen LogP contribution in [0.1, 0.15) is 5.56 Å². The van der Waals surface area contributed by atoms with Crippen molar-refractivity contribution < 1.29 is 22.7 Å². The van der Waals surface area contributed by atoms with Crippen molar-refractivity contribution in [3.63, 3.8) is 0 Å². The van der Waals surface area contributed by atoms with Crippen molar-refractivity contribution in [3.05, 3.63) is 17.7 Å². The molecule has 88 valence electrons. The normalized spacial score (nSPS) is 11.0. The molecule has 0 spiro atoms. The van der Waals surface area contributed by atoms with Crippen molar-refractivity contribution in [2.45, 2.75) is 6.18 Å². The van der Waals surface area contributed by atoms with E-state index in [1.807, 2.05) is 0 Å². The van der Waals surface area contributed by atoms with Crippen molar-refractivity contribution >= 4 is 12.1 Å². The number of halogens is 3. The van der Waals surface area contributed by atoms with Gasteiger partial charge in [0.15, 0.2) is 0 Å². The zero-order valence-corrected chi connectivity index (χ0v) is 8.34. The summed E-state index contributed by atoms with van der Waals surface area (Å²) < 4.78 is 42.2. The Morgan fingerprint density at radius 3 is 2.69 bits per heavy atom. The second-order valence-electron chi connectivity index (χ2n) is 2.80. The summed E-state index contributed by atoms with van der Waals surface area (Å²) >= 11 is 0. The molecule has 1 N–H and O–H groups in total. The zero-order chi connectivity index (χ0) is 12.2. The third-order valence-electron chi connectivity index (χ3n) is 1.74. The van der Waals surface area contributed by atoms with Gasteiger partial charge in [0.1, 0.15) is 12.1 Å². The fourth-order valence-corrected chi connectivity index (χ4v) is 1.06. The number of hydrogen-bond donors (Lipinski definition) is 1. The van der Waals surface area contributed by atoms with Gasteiger partial charge in [0.2, 0.25) is 5.88 Å². The van der Waals surface area contributed by atoms with E-state index in [4.69, 9.17) is 4.74 Å². The second-order valence-corrected chi connectivity index (χ2v) is 2.80. The van der Waals surface area contributed by atoms with Gasteiger partial charge in [-0.3, -0.25) is 0 Å². The Morgan fingerprint density at radius 2 is 2.19 bits per heavy atom. The molecule has 0 amide bonds. The smallest absolute Gasteiger partial charge is 0.419 e. The van der Waals surface area contributed by atoms with E-state index in [0.29, 0.717) is 6.29 Å². The van der Waals surface area contributed by atoms with Gasteiger partial charge < -0.3 is 14.8 Å². The minimum atomic E-state index is -4.52. The maximum Gasteiger partial charge on any atom is 0.419 e. The monoisotopic (exact) mass is 234 g/mol. The Morgan fingerprint density at radius 1 is 1.50 bits per heavy atom. The van der Waals surface area contributed by atoms with Gasteiger partial charge >= 0.3 is 6.18 Å². The molecule has 0 fully saturated rings. The van der Waals surface area contributed by atoms with Gasteiger partial charge in [-0.2, -0.15) is 18.2 Å². The molecule has 1 heterocycles. The molecule has 0 unspecified atom stereocenters. The summed E-state index contributed by atoms with van der Waals surface area (Å²) in [6.45, 7) is -0.247. The standard InChI is InChI=1S/C9H9F3N2O2/c1-16-7-3-2-6(9(10,11)12)8(14-7)13-4-5-15/h2-3,5H,4H2,1H3,(H,13,14). The van der Waals surface area contributed by atoms with Crippen LogP contribution in [0.3, 0.4) is 0 Å². The second kappa shape index (κ2) is 4.82. The number of rotatable bonds is 4. The van der Waals surface area contributed by atoms with Gasteiger partial charge in [0, 0.05) is 6.07 Å². The number of aldehydes is 1. The van der Waals surface area contributed by atoms with E-state index in [-0.39, 0.29) is 12.4 Å². The van der Waals surface area contributed by atoms with Crippen molar-refractivity contribution in [3.8, 4) is 5.88 Å². The van der Waals surface area contributed by atoms with Crippen LogP contribution in [0.4, 0.5) is 19.0 Å². The molecule has 0 aliphatic heterocycles. The predicted molar refractivity (Wildman–Crippen MR) is 50.3 cm³/mol. The number of pyridine rings is 1. The van der Waals surface area contributed by atoms with Crippen LogP contribution in [0.25, 0.3) is 0 Å². The van der Waals surface area contributed by atoms with Gasteiger partial charge in [-0.15, -0.1) is 0 Å². The molecule has 0 atom stereocenters. The molecular formula is C9H9F3N2O2. The van der Waals surface area contributed by atoms with Crippen LogP contribution in [0.2, 0.25) is 0 Å². The molecule has 0 bridgehead atoms. The minimum absolute atomic E-state index is 0.0430. The maximum atomic E-state index is 12.5. The number of aromatic nitrogens is 1. The average Bonchev–Trinajstić information content (AvgIpc) is 2.24. The summed E-state index contributed by atoms with van der Waals surface area (Å²) in [4.78, 5) is 13.7. The van der Waals surface area contributed by atoms with Crippen LogP contribution in [0.5, 0.6) is 5.88 Å². The van der Waals surface area contributed by atoms with Crippen molar-refractivity contribution in [2.24, 2.45) is 0 Å². The Hall–Kier alpha value is -1.79. The highest BCUT2D eigenvalue weighted by atomic mass is 19.4. The number of hydrogen-bond acceptors (Lipinski definition) is 4. The summed E-state index contributed by atoms with van der Waals surface area (Å²) in [5.74, 6) is -0.375. The van der Waals surface area contributed by atoms with E-state index in [9.17, 15) is 18.0 Å². The molecule has 1 rings (SSSR count). The predicted octanol–water partition coefficient (Wildman–Crippen LogP) is 1.72. The van der Waals surface area contributed by atoms with E-state index in [2.05, 4.69) is 10.3 Å². The minimum Gasteiger partial charge on any atom is -0.481 e. The number of nitrogens with one attached hydrogen (secondary N) is 1. The molecular weight excluding hydrogens is 225 g/mol. The number of alkyl halides is 3. The van der Waals surface area contributed by atoms with Crippen LogP contribution < -0.4 is 10.1 Å². The largest absolute Gasteiger partial charge is 0.481 e. The summed E-state index contributed by atoms with van der Waals surface area (Å²) in [6.07, 6.45) is -4.08. The molecule has 0 aliphatic carbocycles. The van der Waals surface area contributed by atoms with Crippen LogP contribution in [-0.2, 0) is 11.0 Å². The molecule has 0 radical (unpaired) electrons. The first-order chi connectivity index (χ1) is 7.49. The molecule has 16 heavy (non-hydrogen) atoms. The van der Waals surface area contributed by atoms with Gasteiger partial charge in [-0.25, -0.2) is 0 Å². The van der Waals surface area contributed by atoms with E-state index in [1.165, 1.54) is 7.11 Å². The third kappa shape index (κ3) is 2.85. The first kappa shape index (κ1) is 12.3. The summed E-state index contributed by atoms with van der Waals surface area (Å²) in [5, 5.41) is 2.27. The van der Waals surface area contributed by atoms with E-state index in [1.54, 1.807) is 0 Å². The number of methoxy groups -OCH3 is 1. The summed E-state index contributed by atoms with van der Waals surface area (Å²) in [5.41, 5.74) is -0.935. The third-order valence-corrected chi connectivity index (χ3v) is 1.74. The number of carbonyl (C=O) groups is 1. The van der Waals surface area contributed by atoms with Crippen LogP contribution in [0, 0.1) is 0 Å². The lowest BCUT2D eigenvalue weighted by molar-refractivity contribution is -0.137. The van der Waals surface area contributed by atoms with Gasteiger partial charge in [0.05, 0.1) is 19.2 Å². The van der Waals surface area contributed by atoms with E-state index in [0.717, 1.165) is 12.1 Å². The lowest BCUT2D eigenvalue weighted by Gasteiger charge is -2.13. The van der Waals surface area contributed by atoms with Gasteiger partial charge in [-0.1, -0.05) is 0 Å². The quantitative estimate of drug-likeness (QED) is 0.806. The molecule has 0 aromatic carbocycles. The van der Waals surface area contributed by atoms with Gasteiger partial charge in [0.25, 0.3) is 0 Å². The number of ether oxygens (including phenoxy) is 1. The molecule has 4 nitrogen and oxygen atoms in total. The molecule has 1 aromatic rings. The lowest BCUT2D eigenvalue weighted by Crippen LogP contribution is -2.14. The molecule has 0 aliphatic rings. The summed E-state index contributed by atoms with van der Waals surface area (Å²) in [6, 6.07) is 1.95. The Labute approximate surface area is 89.4 Å². The maximum absolute atomic E-state index is 12.5. The highest BCUT2D eigenvalue weighted by molar-refractivity contribution is 5.59. The fourth-order valence-electron chi connectivity index (χ4n) is 1.06. The Balaban J connectivity index is 3.11. The highest BCUT2D eigenvalue weighted by Gasteiger charge is 2.34. The number of anilines is 1. The SMILES string of the molecule is COc1ccc(C(F)(F)F)c(NCC=O)n1. The molecule has 1 aromatic heterocycles. The van der Waals surface area contributed by atoms with E-state index >= 15 is 0 Å². The number of carbonyl (C=O) groups excluding carboxylic acids is 1. The fraction of sp³-hybridized carbons (Fsp3) is 0.333. The average molecular weight is 234 g/mol. The topological polar surface area (TPSA) is 51.2 Å². The van der Waals surface area contributed by atoms with Crippen molar-refractivity contribution in [1.29, 1.82) is 0 Å². The zero-order valence-electron chi connectivity index (χ0n) is 8.34. The van der Waals surface area contributed by atoms with Crippen LogP contribution >= 0.6 is 0 Å². The first-order valence-corrected chi connectivity index (χ1v) is 4.28. The lowest BCUT2D eigenvalue weighted by atomic mass is 10.2. The first-order valence-electron chi connectivity index (χ1n) is 4.28. The van der Waals surface area contributed by atoms with E-state index < -0.39 is 17.6 Å². The molecule has 0 saturated carbocycles. The van der Waals surface area contributed by atoms with Crippen LogP contribution in [0.15, 0.2) is 12.1 Å².